The Morgan fingerprint density at radius 2 is 1.87 bits per heavy atom. The molecule has 0 bridgehead atoms. The third-order valence-electron chi connectivity index (χ3n) is 3.83. The Kier molecular flexibility index (Phi) is 7.54. The molecule has 6 nitrogen and oxygen atoms in total. The summed E-state index contributed by atoms with van der Waals surface area (Å²) in [5, 5.41) is 17.3. The van der Waals surface area contributed by atoms with Crippen LogP contribution in [0.3, 0.4) is 0 Å². The molecule has 31 heavy (non-hydrogen) atoms. The number of carbonyl (C=O) groups excluding carboxylic acids is 1. The number of hydrogen-bond donors (Lipinski definition) is 2. The van der Waals surface area contributed by atoms with Gasteiger partial charge in [0.2, 0.25) is 0 Å². The van der Waals surface area contributed by atoms with Gasteiger partial charge in [0.15, 0.2) is 17.3 Å². The van der Waals surface area contributed by atoms with Crippen molar-refractivity contribution in [2.45, 2.75) is 13.8 Å². The molecule has 1 aromatic carbocycles. The lowest BCUT2D eigenvalue weighted by Crippen LogP contribution is -2.14. The second-order valence-electron chi connectivity index (χ2n) is 6.21. The van der Waals surface area contributed by atoms with Crippen LogP contribution in [-0.4, -0.2) is 26.8 Å². The summed E-state index contributed by atoms with van der Waals surface area (Å²) in [6.07, 6.45) is 2.89. The number of aryl methyl sites for hydroxylation is 1. The zero-order valence-electron chi connectivity index (χ0n) is 16.6. The number of anilines is 1. The van der Waals surface area contributed by atoms with Crippen LogP contribution >= 0.6 is 11.3 Å². The predicted molar refractivity (Wildman–Crippen MR) is 114 cm³/mol. The highest BCUT2D eigenvalue weighted by molar-refractivity contribution is 7.15. The molecule has 0 atom stereocenters. The lowest BCUT2D eigenvalue weighted by Gasteiger charge is -2.07. The largest absolute Gasteiger partial charge is 0.478 e. The second kappa shape index (κ2) is 9.90. The number of aromatic carboxylic acids is 1. The minimum atomic E-state index is -1.38. The number of allylic oxidation sites excluding steroid dienone is 1. The first-order valence-electron chi connectivity index (χ1n) is 8.66. The number of nitrogens with one attached hydrogen (secondary N) is 1. The fourth-order valence-corrected chi connectivity index (χ4v) is 3.39. The molecule has 0 radical (unpaired) electrons. The molecule has 0 saturated heterocycles. The van der Waals surface area contributed by atoms with Gasteiger partial charge >= 0.3 is 5.97 Å². The molecule has 0 aliphatic rings. The minimum absolute atomic E-state index is 0.00367. The van der Waals surface area contributed by atoms with Gasteiger partial charge in [0.05, 0.1) is 5.83 Å². The fraction of sp³-hybridized carbons (Fsp3) is 0.0952. The van der Waals surface area contributed by atoms with Crippen LogP contribution in [0.4, 0.5) is 18.2 Å². The Morgan fingerprint density at radius 3 is 2.42 bits per heavy atom. The maximum Gasteiger partial charge on any atom is 0.339 e. The Morgan fingerprint density at radius 1 is 1.23 bits per heavy atom. The van der Waals surface area contributed by atoms with Gasteiger partial charge in [0.25, 0.3) is 5.91 Å². The summed E-state index contributed by atoms with van der Waals surface area (Å²) in [6, 6.07) is 4.10. The van der Waals surface area contributed by atoms with Crippen molar-refractivity contribution >= 4 is 34.4 Å². The molecule has 2 N–H and O–H groups in total. The van der Waals surface area contributed by atoms with Gasteiger partial charge in [-0.1, -0.05) is 25.3 Å². The fourth-order valence-electron chi connectivity index (χ4n) is 2.44. The van der Waals surface area contributed by atoms with Crippen molar-refractivity contribution in [3.05, 3.63) is 77.2 Å². The Labute approximate surface area is 180 Å². The molecule has 3 aromatic rings. The standard InChI is InChI=1S/C18H13F2N3O3S.C3H5F/c1-3-23-7-6-12(22-23)16(24)21-17-13(18(25)26)11(8-27-17)10-5-4-9(2)14(19)15(10)20;1-3(2)4/h3-8H,1H2,2H3,(H,21,24)(H,25,26);1H2,2H3. The highest BCUT2D eigenvalue weighted by atomic mass is 32.1. The van der Waals surface area contributed by atoms with Gasteiger partial charge in [-0.3, -0.25) is 4.79 Å². The number of rotatable bonds is 5. The van der Waals surface area contributed by atoms with Crippen LogP contribution < -0.4 is 5.32 Å². The normalized spacial score (nSPS) is 10.1. The molecule has 0 unspecified atom stereocenters. The summed E-state index contributed by atoms with van der Waals surface area (Å²) in [7, 11) is 0. The predicted octanol–water partition coefficient (Wildman–Crippen LogP) is 5.74. The SMILES string of the molecule is C=C(C)F.C=Cn1ccc(C(=O)Nc2scc(-c3ccc(C)c(F)c3F)c2C(=O)O)n1. The van der Waals surface area contributed by atoms with Crippen LogP contribution in [0.2, 0.25) is 0 Å². The van der Waals surface area contributed by atoms with Gasteiger partial charge in [-0.2, -0.15) is 5.10 Å². The van der Waals surface area contributed by atoms with E-state index in [1.807, 2.05) is 0 Å². The molecule has 2 aromatic heterocycles. The van der Waals surface area contributed by atoms with Gasteiger partial charge in [0, 0.05) is 28.9 Å². The highest BCUT2D eigenvalue weighted by Gasteiger charge is 2.25. The van der Waals surface area contributed by atoms with Crippen LogP contribution in [0.5, 0.6) is 0 Å². The van der Waals surface area contributed by atoms with E-state index >= 15 is 0 Å². The van der Waals surface area contributed by atoms with E-state index in [1.54, 1.807) is 0 Å². The molecular formula is C21H18F3N3O3S. The summed E-state index contributed by atoms with van der Waals surface area (Å²) >= 11 is 0.897. The van der Waals surface area contributed by atoms with Gasteiger partial charge < -0.3 is 10.4 Å². The van der Waals surface area contributed by atoms with Crippen LogP contribution in [-0.2, 0) is 0 Å². The van der Waals surface area contributed by atoms with Crippen molar-refractivity contribution in [1.29, 1.82) is 0 Å². The number of amides is 1. The molecule has 1 amide bonds. The van der Waals surface area contributed by atoms with E-state index in [9.17, 15) is 27.9 Å². The first-order valence-corrected chi connectivity index (χ1v) is 9.54. The van der Waals surface area contributed by atoms with E-state index in [0.29, 0.717) is 0 Å². The Bertz CT molecular complexity index is 1160. The number of carboxylic acids is 1. The molecular weight excluding hydrogens is 431 g/mol. The first kappa shape index (κ1) is 23.6. The van der Waals surface area contributed by atoms with E-state index in [1.165, 1.54) is 54.5 Å². The number of nitrogens with zero attached hydrogens (tertiary/aromatic N) is 2. The van der Waals surface area contributed by atoms with E-state index in [0.717, 1.165) is 11.3 Å². The zero-order valence-corrected chi connectivity index (χ0v) is 17.4. The van der Waals surface area contributed by atoms with Crippen LogP contribution in [0.25, 0.3) is 17.3 Å². The smallest absolute Gasteiger partial charge is 0.339 e. The van der Waals surface area contributed by atoms with Crippen LogP contribution in [0.15, 0.2) is 48.8 Å². The van der Waals surface area contributed by atoms with Gasteiger partial charge in [0.1, 0.15) is 10.6 Å². The van der Waals surface area contributed by atoms with Crippen LogP contribution in [0.1, 0.15) is 33.3 Å². The maximum atomic E-state index is 14.3. The minimum Gasteiger partial charge on any atom is -0.478 e. The molecule has 3 rings (SSSR count). The third-order valence-corrected chi connectivity index (χ3v) is 4.72. The summed E-state index contributed by atoms with van der Waals surface area (Å²) < 4.78 is 40.3. The molecule has 0 fully saturated rings. The summed E-state index contributed by atoms with van der Waals surface area (Å²) in [6.45, 7) is 9.11. The third kappa shape index (κ3) is 5.48. The molecule has 2 heterocycles. The van der Waals surface area contributed by atoms with Crippen LogP contribution in [0, 0.1) is 18.6 Å². The second-order valence-corrected chi connectivity index (χ2v) is 7.09. The Hall–Kier alpha value is -3.66. The quantitative estimate of drug-likeness (QED) is 0.520. The lowest BCUT2D eigenvalue weighted by atomic mass is 10.0. The van der Waals surface area contributed by atoms with Crippen molar-refractivity contribution in [3.63, 3.8) is 0 Å². The lowest BCUT2D eigenvalue weighted by molar-refractivity contribution is 0.0699. The molecule has 0 saturated carbocycles. The number of hydrogen-bond acceptors (Lipinski definition) is 4. The number of carbonyl (C=O) groups is 2. The van der Waals surface area contributed by atoms with Crippen molar-refractivity contribution < 1.29 is 27.9 Å². The molecule has 0 spiro atoms. The monoisotopic (exact) mass is 449 g/mol. The van der Waals surface area contributed by atoms with Gasteiger partial charge in [-0.15, -0.1) is 11.3 Å². The zero-order chi connectivity index (χ0) is 23.3. The average molecular weight is 449 g/mol. The summed E-state index contributed by atoms with van der Waals surface area (Å²) in [5.41, 5.74) is -0.374. The molecule has 10 heteroatoms. The molecule has 162 valence electrons. The number of carboxylic acid groups (broad SMARTS) is 1. The highest BCUT2D eigenvalue weighted by Crippen LogP contribution is 2.37. The average Bonchev–Trinajstić information content (AvgIpc) is 3.33. The van der Waals surface area contributed by atoms with Crippen molar-refractivity contribution in [2.24, 2.45) is 0 Å². The molecule has 0 aliphatic carbocycles. The van der Waals surface area contributed by atoms with Gasteiger partial charge in [-0.25, -0.2) is 22.6 Å². The summed E-state index contributed by atoms with van der Waals surface area (Å²) in [4.78, 5) is 24.0. The van der Waals surface area contributed by atoms with E-state index < -0.39 is 23.5 Å². The van der Waals surface area contributed by atoms with Crippen molar-refractivity contribution in [2.75, 3.05) is 5.32 Å². The number of halogens is 3. The van der Waals surface area contributed by atoms with Crippen molar-refractivity contribution in [3.8, 4) is 11.1 Å². The van der Waals surface area contributed by atoms with Gasteiger partial charge in [-0.05, 0) is 25.5 Å². The summed E-state index contributed by atoms with van der Waals surface area (Å²) in [5.74, 6) is -4.53. The first-order chi connectivity index (χ1) is 14.6. The van der Waals surface area contributed by atoms with E-state index in [-0.39, 0.29) is 38.8 Å². The maximum absolute atomic E-state index is 14.3. The number of thiophene rings is 1. The Balaban J connectivity index is 0.000000785. The number of benzene rings is 1. The topological polar surface area (TPSA) is 84.2 Å². The van der Waals surface area contributed by atoms with E-state index in [4.69, 9.17) is 0 Å². The number of aromatic nitrogens is 2. The van der Waals surface area contributed by atoms with E-state index in [2.05, 4.69) is 23.6 Å². The van der Waals surface area contributed by atoms with Crippen molar-refractivity contribution in [1.82, 2.24) is 9.78 Å². The molecule has 0 aliphatic heterocycles.